The summed E-state index contributed by atoms with van der Waals surface area (Å²) in [4.78, 5) is 25.7. The number of amides is 1. The summed E-state index contributed by atoms with van der Waals surface area (Å²) in [5.41, 5.74) is 0. The van der Waals surface area contributed by atoms with Gasteiger partial charge in [0.25, 0.3) is 0 Å². The lowest BCUT2D eigenvalue weighted by Crippen LogP contribution is -2.49. The van der Waals surface area contributed by atoms with E-state index in [9.17, 15) is 4.79 Å². The van der Waals surface area contributed by atoms with Gasteiger partial charge in [0.05, 0.1) is 32.3 Å². The lowest BCUT2D eigenvalue weighted by molar-refractivity contribution is -0.148. The minimum atomic E-state index is -0.0550. The molecule has 0 saturated carbocycles. The SMILES string of the molecule is O=C([C@@H]1COC[C@@H]2CN(c3ncccn3)C[C@@H]21)N1CCOCC1. The van der Waals surface area contributed by atoms with E-state index in [2.05, 4.69) is 14.9 Å². The third-order valence-corrected chi connectivity index (χ3v) is 5.11. The molecule has 3 aliphatic heterocycles. The summed E-state index contributed by atoms with van der Waals surface area (Å²) in [7, 11) is 0. The fourth-order valence-corrected chi connectivity index (χ4v) is 3.89. The highest BCUT2D eigenvalue weighted by molar-refractivity contribution is 5.79. The molecular weight excluding hydrogens is 296 g/mol. The Morgan fingerprint density at radius 3 is 2.65 bits per heavy atom. The van der Waals surface area contributed by atoms with Crippen molar-refractivity contribution in [3.05, 3.63) is 18.5 Å². The van der Waals surface area contributed by atoms with E-state index in [4.69, 9.17) is 9.47 Å². The van der Waals surface area contributed by atoms with Gasteiger partial charge in [-0.2, -0.15) is 0 Å². The molecule has 0 aromatic carbocycles. The van der Waals surface area contributed by atoms with Gasteiger partial charge in [-0.25, -0.2) is 9.97 Å². The van der Waals surface area contributed by atoms with Gasteiger partial charge in [-0.1, -0.05) is 0 Å². The maximum atomic E-state index is 12.9. The highest BCUT2D eigenvalue weighted by Gasteiger charge is 2.45. The summed E-state index contributed by atoms with van der Waals surface area (Å²) in [5.74, 6) is 1.62. The normalized spacial score (nSPS) is 31.0. The van der Waals surface area contributed by atoms with Gasteiger partial charge < -0.3 is 19.3 Å². The molecule has 1 aromatic heterocycles. The maximum absolute atomic E-state index is 12.9. The molecule has 1 amide bonds. The molecule has 3 aliphatic rings. The molecule has 3 saturated heterocycles. The van der Waals surface area contributed by atoms with Crippen molar-refractivity contribution in [2.45, 2.75) is 0 Å². The third kappa shape index (κ3) is 2.90. The molecule has 4 rings (SSSR count). The molecule has 1 aromatic rings. The number of hydrogen-bond acceptors (Lipinski definition) is 6. The molecule has 0 N–H and O–H groups in total. The quantitative estimate of drug-likeness (QED) is 0.767. The summed E-state index contributed by atoms with van der Waals surface area (Å²) in [6, 6.07) is 1.82. The van der Waals surface area contributed by atoms with Crippen molar-refractivity contribution in [2.24, 2.45) is 17.8 Å². The van der Waals surface area contributed by atoms with Crippen LogP contribution in [0.3, 0.4) is 0 Å². The van der Waals surface area contributed by atoms with Gasteiger partial charge in [0.2, 0.25) is 11.9 Å². The lowest BCUT2D eigenvalue weighted by Gasteiger charge is -2.36. The first kappa shape index (κ1) is 14.8. The number of anilines is 1. The van der Waals surface area contributed by atoms with E-state index in [1.165, 1.54) is 0 Å². The van der Waals surface area contributed by atoms with Crippen molar-refractivity contribution in [3.8, 4) is 0 Å². The second kappa shape index (κ2) is 6.41. The van der Waals surface area contributed by atoms with E-state index in [0.717, 1.165) is 25.6 Å². The molecule has 7 heteroatoms. The molecule has 0 spiro atoms. The Kier molecular flexibility index (Phi) is 4.13. The van der Waals surface area contributed by atoms with Crippen LogP contribution in [0, 0.1) is 17.8 Å². The van der Waals surface area contributed by atoms with E-state index in [-0.39, 0.29) is 11.8 Å². The van der Waals surface area contributed by atoms with E-state index in [1.807, 2.05) is 11.0 Å². The number of nitrogens with zero attached hydrogens (tertiary/aromatic N) is 4. The molecule has 7 nitrogen and oxygen atoms in total. The van der Waals surface area contributed by atoms with Gasteiger partial charge in [-0.3, -0.25) is 4.79 Å². The van der Waals surface area contributed by atoms with Crippen molar-refractivity contribution >= 4 is 11.9 Å². The number of carbonyl (C=O) groups excluding carboxylic acids is 1. The zero-order chi connectivity index (χ0) is 15.6. The summed E-state index contributed by atoms with van der Waals surface area (Å²) in [5, 5.41) is 0. The molecule has 4 heterocycles. The Morgan fingerprint density at radius 2 is 1.87 bits per heavy atom. The molecule has 3 fully saturated rings. The number of morpholine rings is 1. The van der Waals surface area contributed by atoms with E-state index < -0.39 is 0 Å². The zero-order valence-corrected chi connectivity index (χ0v) is 13.1. The molecule has 0 radical (unpaired) electrons. The van der Waals surface area contributed by atoms with Crippen molar-refractivity contribution in [3.63, 3.8) is 0 Å². The smallest absolute Gasteiger partial charge is 0.228 e. The van der Waals surface area contributed by atoms with Crippen molar-refractivity contribution in [1.82, 2.24) is 14.9 Å². The second-order valence-corrected chi connectivity index (χ2v) is 6.46. The predicted molar refractivity (Wildman–Crippen MR) is 82.9 cm³/mol. The highest BCUT2D eigenvalue weighted by Crippen LogP contribution is 2.36. The van der Waals surface area contributed by atoms with Crippen LogP contribution in [0.2, 0.25) is 0 Å². The largest absolute Gasteiger partial charge is 0.380 e. The second-order valence-electron chi connectivity index (χ2n) is 6.46. The Morgan fingerprint density at radius 1 is 1.09 bits per heavy atom. The first-order valence-corrected chi connectivity index (χ1v) is 8.29. The first-order valence-electron chi connectivity index (χ1n) is 8.29. The molecular formula is C16H22N4O3. The zero-order valence-electron chi connectivity index (χ0n) is 13.1. The molecule has 124 valence electrons. The number of fused-ring (bicyclic) bond motifs is 1. The summed E-state index contributed by atoms with van der Waals surface area (Å²) in [6.45, 7) is 5.60. The number of rotatable bonds is 2. The third-order valence-electron chi connectivity index (χ3n) is 5.11. The van der Waals surface area contributed by atoms with E-state index >= 15 is 0 Å². The number of hydrogen-bond donors (Lipinski definition) is 0. The summed E-state index contributed by atoms with van der Waals surface area (Å²) < 4.78 is 11.1. The Labute approximate surface area is 135 Å². The van der Waals surface area contributed by atoms with Crippen LogP contribution in [0.15, 0.2) is 18.5 Å². The van der Waals surface area contributed by atoms with Gasteiger partial charge in [0.15, 0.2) is 0 Å². The maximum Gasteiger partial charge on any atom is 0.228 e. The van der Waals surface area contributed by atoms with Crippen LogP contribution in [0.4, 0.5) is 5.95 Å². The first-order chi connectivity index (χ1) is 11.3. The Balaban J connectivity index is 1.48. The van der Waals surface area contributed by atoms with Crippen LogP contribution in [0.5, 0.6) is 0 Å². The van der Waals surface area contributed by atoms with Crippen molar-refractivity contribution in [1.29, 1.82) is 0 Å². The molecule has 0 aliphatic carbocycles. The van der Waals surface area contributed by atoms with Gasteiger partial charge in [-0.15, -0.1) is 0 Å². The number of ether oxygens (including phenoxy) is 2. The summed E-state index contributed by atoms with van der Waals surface area (Å²) in [6.07, 6.45) is 3.52. The van der Waals surface area contributed by atoms with Gasteiger partial charge >= 0.3 is 0 Å². The van der Waals surface area contributed by atoms with Crippen molar-refractivity contribution < 1.29 is 14.3 Å². The fourth-order valence-electron chi connectivity index (χ4n) is 3.89. The standard InChI is InChI=1S/C16H22N4O3/c21-15(19-4-6-22-7-5-19)14-11-23-10-12-8-20(9-13(12)14)16-17-2-1-3-18-16/h1-3,12-14H,4-11H2/t12-,13-,14+/m0/s1. The highest BCUT2D eigenvalue weighted by atomic mass is 16.5. The van der Waals surface area contributed by atoms with Gasteiger partial charge in [-0.05, 0) is 12.0 Å². The number of aromatic nitrogens is 2. The van der Waals surface area contributed by atoms with Crippen LogP contribution >= 0.6 is 0 Å². The Bertz CT molecular complexity index is 550. The minimum absolute atomic E-state index is 0.0550. The topological polar surface area (TPSA) is 67.8 Å². The van der Waals surface area contributed by atoms with Gasteiger partial charge in [0, 0.05) is 44.5 Å². The fraction of sp³-hybridized carbons (Fsp3) is 0.688. The molecule has 0 unspecified atom stereocenters. The van der Waals surface area contributed by atoms with Crippen LogP contribution in [-0.2, 0) is 14.3 Å². The van der Waals surface area contributed by atoms with Crippen molar-refractivity contribution in [2.75, 3.05) is 57.5 Å². The molecule has 23 heavy (non-hydrogen) atoms. The predicted octanol–water partition coefficient (Wildman–Crippen LogP) is 0.0342. The number of carbonyl (C=O) groups is 1. The minimum Gasteiger partial charge on any atom is -0.380 e. The van der Waals surface area contributed by atoms with Crippen LogP contribution < -0.4 is 4.90 Å². The van der Waals surface area contributed by atoms with Crippen LogP contribution in [0.25, 0.3) is 0 Å². The van der Waals surface area contributed by atoms with E-state index in [0.29, 0.717) is 44.7 Å². The van der Waals surface area contributed by atoms with E-state index in [1.54, 1.807) is 12.4 Å². The monoisotopic (exact) mass is 318 g/mol. The molecule has 3 atom stereocenters. The van der Waals surface area contributed by atoms with Crippen LogP contribution in [-0.4, -0.2) is 73.4 Å². The summed E-state index contributed by atoms with van der Waals surface area (Å²) >= 11 is 0. The lowest BCUT2D eigenvalue weighted by atomic mass is 9.82. The average Bonchev–Trinajstić information content (AvgIpc) is 3.07. The molecule has 0 bridgehead atoms. The van der Waals surface area contributed by atoms with Crippen LogP contribution in [0.1, 0.15) is 0 Å². The average molecular weight is 318 g/mol. The Hall–Kier alpha value is -1.73. The van der Waals surface area contributed by atoms with Gasteiger partial charge in [0.1, 0.15) is 0 Å².